The monoisotopic (exact) mass is 443 g/mol. The van der Waals surface area contributed by atoms with Crippen molar-refractivity contribution in [2.24, 2.45) is 0 Å². The smallest absolute Gasteiger partial charge is 0.264 e. The fourth-order valence-electron chi connectivity index (χ4n) is 4.14. The van der Waals surface area contributed by atoms with Gasteiger partial charge < -0.3 is 10.2 Å². The molecule has 6 nitrogen and oxygen atoms in total. The minimum atomic E-state index is -3.68. The van der Waals surface area contributed by atoms with Crippen LogP contribution >= 0.6 is 0 Å². The average Bonchev–Trinajstić information content (AvgIpc) is 2.82. The third-order valence-corrected chi connectivity index (χ3v) is 7.80. The molecule has 0 bridgehead atoms. The van der Waals surface area contributed by atoms with Crippen LogP contribution in [0.1, 0.15) is 49.4 Å². The van der Waals surface area contributed by atoms with Gasteiger partial charge in [-0.25, -0.2) is 8.42 Å². The lowest BCUT2D eigenvalue weighted by Gasteiger charge is -2.35. The van der Waals surface area contributed by atoms with Crippen molar-refractivity contribution in [1.29, 1.82) is 0 Å². The van der Waals surface area contributed by atoms with Crippen molar-refractivity contribution in [3.63, 3.8) is 0 Å². The molecule has 2 aromatic rings. The number of nitrogens with zero attached hydrogens (tertiary/aromatic N) is 2. The Hall–Kier alpha value is -2.38. The van der Waals surface area contributed by atoms with Crippen molar-refractivity contribution in [3.8, 4) is 0 Å². The molecule has 1 atom stereocenters. The second-order valence-electron chi connectivity index (χ2n) is 8.04. The maximum atomic E-state index is 12.8. The van der Waals surface area contributed by atoms with Gasteiger partial charge in [-0.1, -0.05) is 37.6 Å². The minimum Gasteiger partial charge on any atom is -0.352 e. The normalized spacial score (nSPS) is 17.3. The third-order valence-electron chi connectivity index (χ3n) is 6.00. The molecule has 168 valence electrons. The molecule has 1 unspecified atom stereocenters. The summed E-state index contributed by atoms with van der Waals surface area (Å²) in [4.78, 5) is 15.4. The van der Waals surface area contributed by atoms with Gasteiger partial charge in [0.05, 0.1) is 10.6 Å². The number of piperidine rings is 1. The van der Waals surface area contributed by atoms with Crippen LogP contribution in [0.5, 0.6) is 0 Å². The van der Waals surface area contributed by atoms with E-state index in [0.717, 1.165) is 19.5 Å². The van der Waals surface area contributed by atoms with Crippen molar-refractivity contribution in [2.45, 2.75) is 50.0 Å². The molecule has 0 aromatic heterocycles. The van der Waals surface area contributed by atoms with E-state index in [9.17, 15) is 13.2 Å². The quantitative estimate of drug-likeness (QED) is 0.597. The number of hydrogen-bond acceptors (Lipinski definition) is 4. The first-order valence-corrected chi connectivity index (χ1v) is 12.5. The van der Waals surface area contributed by atoms with Crippen LogP contribution in [0.2, 0.25) is 0 Å². The van der Waals surface area contributed by atoms with Crippen molar-refractivity contribution < 1.29 is 13.2 Å². The number of carbonyl (C=O) groups is 1. The number of benzene rings is 2. The van der Waals surface area contributed by atoms with Gasteiger partial charge in [-0.3, -0.25) is 9.10 Å². The number of likely N-dealkylation sites (tertiary alicyclic amines) is 1. The Morgan fingerprint density at radius 2 is 1.90 bits per heavy atom. The fraction of sp³-hybridized carbons (Fsp3) is 0.458. The van der Waals surface area contributed by atoms with Crippen LogP contribution in [0.15, 0.2) is 59.5 Å². The Morgan fingerprint density at radius 3 is 2.65 bits per heavy atom. The molecule has 2 aromatic carbocycles. The second kappa shape index (κ2) is 10.8. The zero-order valence-electron chi connectivity index (χ0n) is 18.5. The molecule has 1 amide bonds. The molecular weight excluding hydrogens is 410 g/mol. The average molecular weight is 444 g/mol. The highest BCUT2D eigenvalue weighted by molar-refractivity contribution is 7.92. The van der Waals surface area contributed by atoms with Crippen molar-refractivity contribution in [3.05, 3.63) is 60.2 Å². The number of anilines is 1. The number of nitrogens with one attached hydrogen (secondary N) is 1. The fourth-order valence-corrected chi connectivity index (χ4v) is 5.34. The third kappa shape index (κ3) is 5.86. The molecule has 1 aliphatic rings. The molecule has 0 spiro atoms. The standard InChI is InChI=1S/C24H33N3O3S/c1-3-21-12-7-8-17-27(21)18-10-16-25-24(28)20-11-9-13-22(19-20)26(2)31(29,30)23-14-5-4-6-15-23/h4-6,9,11,13-15,19,21H,3,7-8,10,12,16-18H2,1-2H3,(H,25,28). The van der Waals surface area contributed by atoms with E-state index in [0.29, 0.717) is 23.8 Å². The summed E-state index contributed by atoms with van der Waals surface area (Å²) in [6, 6.07) is 15.7. The van der Waals surface area contributed by atoms with E-state index >= 15 is 0 Å². The summed E-state index contributed by atoms with van der Waals surface area (Å²) in [6.45, 7) is 4.99. The Bertz CT molecular complexity index is 963. The molecule has 0 saturated carbocycles. The summed E-state index contributed by atoms with van der Waals surface area (Å²) in [5.41, 5.74) is 0.910. The molecule has 1 aliphatic heterocycles. The highest BCUT2D eigenvalue weighted by Gasteiger charge is 2.22. The van der Waals surface area contributed by atoms with Crippen molar-refractivity contribution >= 4 is 21.6 Å². The van der Waals surface area contributed by atoms with E-state index in [4.69, 9.17) is 0 Å². The Balaban J connectivity index is 1.57. The maximum absolute atomic E-state index is 12.8. The Morgan fingerprint density at radius 1 is 1.13 bits per heavy atom. The van der Waals surface area contributed by atoms with E-state index in [1.54, 1.807) is 54.6 Å². The molecular formula is C24H33N3O3S. The number of sulfonamides is 1. The van der Waals surface area contributed by atoms with Crippen LogP contribution in [0.4, 0.5) is 5.69 Å². The van der Waals surface area contributed by atoms with Gasteiger partial charge in [0.1, 0.15) is 0 Å². The van der Waals surface area contributed by atoms with Crippen LogP contribution in [-0.2, 0) is 10.0 Å². The predicted octanol–water partition coefficient (Wildman–Crippen LogP) is 3.90. The van der Waals surface area contributed by atoms with Gasteiger partial charge in [0, 0.05) is 31.7 Å². The molecule has 1 fully saturated rings. The van der Waals surface area contributed by atoms with Crippen LogP contribution < -0.4 is 9.62 Å². The Kier molecular flexibility index (Phi) is 8.09. The van der Waals surface area contributed by atoms with Crippen LogP contribution in [0.3, 0.4) is 0 Å². The molecule has 1 saturated heterocycles. The topological polar surface area (TPSA) is 69.7 Å². The first kappa shape index (κ1) is 23.3. The van der Waals surface area contributed by atoms with E-state index < -0.39 is 10.0 Å². The highest BCUT2D eigenvalue weighted by atomic mass is 32.2. The van der Waals surface area contributed by atoms with Crippen LogP contribution in [0.25, 0.3) is 0 Å². The number of carbonyl (C=O) groups excluding carboxylic acids is 1. The summed E-state index contributed by atoms with van der Waals surface area (Å²) in [7, 11) is -2.18. The maximum Gasteiger partial charge on any atom is 0.264 e. The van der Waals surface area contributed by atoms with E-state index in [2.05, 4.69) is 17.1 Å². The zero-order chi connectivity index (χ0) is 22.3. The number of rotatable bonds is 9. The lowest BCUT2D eigenvalue weighted by Crippen LogP contribution is -2.40. The van der Waals surface area contributed by atoms with E-state index in [1.807, 2.05) is 0 Å². The van der Waals surface area contributed by atoms with Gasteiger partial charge in [-0.15, -0.1) is 0 Å². The molecule has 0 aliphatic carbocycles. The van der Waals surface area contributed by atoms with E-state index in [1.165, 1.54) is 37.0 Å². The highest BCUT2D eigenvalue weighted by Crippen LogP contribution is 2.23. The summed E-state index contributed by atoms with van der Waals surface area (Å²) in [5.74, 6) is -0.182. The molecule has 1 N–H and O–H groups in total. The lowest BCUT2D eigenvalue weighted by atomic mass is 10.00. The summed E-state index contributed by atoms with van der Waals surface area (Å²) >= 11 is 0. The molecule has 7 heteroatoms. The number of hydrogen-bond donors (Lipinski definition) is 1. The lowest BCUT2D eigenvalue weighted by molar-refractivity contribution is 0.0947. The van der Waals surface area contributed by atoms with Gasteiger partial charge in [-0.05, 0) is 62.6 Å². The minimum absolute atomic E-state index is 0.182. The van der Waals surface area contributed by atoms with E-state index in [-0.39, 0.29) is 10.8 Å². The van der Waals surface area contributed by atoms with Gasteiger partial charge in [0.25, 0.3) is 15.9 Å². The van der Waals surface area contributed by atoms with Gasteiger partial charge in [-0.2, -0.15) is 0 Å². The number of amides is 1. The molecule has 31 heavy (non-hydrogen) atoms. The first-order valence-electron chi connectivity index (χ1n) is 11.1. The van der Waals surface area contributed by atoms with Gasteiger partial charge >= 0.3 is 0 Å². The van der Waals surface area contributed by atoms with Crippen molar-refractivity contribution in [2.75, 3.05) is 31.0 Å². The molecule has 3 rings (SSSR count). The van der Waals surface area contributed by atoms with Crippen LogP contribution in [0, 0.1) is 0 Å². The summed E-state index contributed by atoms with van der Waals surface area (Å²) in [5, 5.41) is 2.97. The van der Waals surface area contributed by atoms with Gasteiger partial charge in [0.15, 0.2) is 0 Å². The first-order chi connectivity index (χ1) is 14.9. The second-order valence-corrected chi connectivity index (χ2v) is 10.0. The zero-order valence-corrected chi connectivity index (χ0v) is 19.3. The Labute approximate surface area is 186 Å². The largest absolute Gasteiger partial charge is 0.352 e. The SMILES string of the molecule is CCC1CCCCN1CCCNC(=O)c1cccc(N(C)S(=O)(=O)c2ccccc2)c1. The van der Waals surface area contributed by atoms with Crippen LogP contribution in [-0.4, -0.2) is 51.9 Å². The predicted molar refractivity (Wildman–Crippen MR) is 125 cm³/mol. The molecule has 0 radical (unpaired) electrons. The van der Waals surface area contributed by atoms with Gasteiger partial charge in [0.2, 0.25) is 0 Å². The summed E-state index contributed by atoms with van der Waals surface area (Å²) in [6.07, 6.45) is 5.93. The van der Waals surface area contributed by atoms with Crippen molar-refractivity contribution in [1.82, 2.24) is 10.2 Å². The summed E-state index contributed by atoms with van der Waals surface area (Å²) < 4.78 is 26.9. The molecule has 1 heterocycles.